The molecular weight excluding hydrogens is 214 g/mol. The molecule has 0 aliphatic rings. The highest BCUT2D eigenvalue weighted by Gasteiger charge is 2.01. The Balaban J connectivity index is 2.72. The number of benzene rings is 1. The summed E-state index contributed by atoms with van der Waals surface area (Å²) >= 11 is 0. The summed E-state index contributed by atoms with van der Waals surface area (Å²) in [5.74, 6) is 0.754. The Morgan fingerprint density at radius 1 is 1.12 bits per heavy atom. The smallest absolute Gasteiger partial charge is 0.146 e. The van der Waals surface area contributed by atoms with Crippen LogP contribution in [0, 0.1) is 0 Å². The van der Waals surface area contributed by atoms with Crippen LogP contribution < -0.4 is 4.74 Å². The Morgan fingerprint density at radius 3 is 2.35 bits per heavy atom. The lowest BCUT2D eigenvalue weighted by Crippen LogP contribution is -2.18. The molecule has 0 aliphatic carbocycles. The molecule has 1 aromatic carbocycles. The van der Waals surface area contributed by atoms with Crippen molar-refractivity contribution >= 4 is 5.69 Å². The monoisotopic (exact) mass is 235 g/mol. The van der Waals surface area contributed by atoms with Gasteiger partial charge in [0.25, 0.3) is 0 Å². The molecule has 0 saturated carbocycles. The minimum atomic E-state index is 0.754. The zero-order chi connectivity index (χ0) is 12.5. The predicted molar refractivity (Wildman–Crippen MR) is 69.7 cm³/mol. The molecule has 0 radical (unpaired) electrons. The average Bonchev–Trinajstić information content (AvgIpc) is 2.37. The van der Waals surface area contributed by atoms with Crippen molar-refractivity contribution in [3.8, 4) is 5.75 Å². The Morgan fingerprint density at radius 2 is 1.76 bits per heavy atom. The Labute approximate surface area is 103 Å². The molecule has 0 spiro atoms. The van der Waals surface area contributed by atoms with E-state index in [-0.39, 0.29) is 0 Å². The second-order valence-electron chi connectivity index (χ2n) is 3.81. The van der Waals surface area contributed by atoms with E-state index in [4.69, 9.17) is 4.74 Å². The van der Waals surface area contributed by atoms with E-state index in [0.717, 1.165) is 37.4 Å². The maximum atomic E-state index is 5.23. The molecule has 1 rings (SSSR count). The molecule has 4 nitrogen and oxygen atoms in total. The van der Waals surface area contributed by atoms with Gasteiger partial charge in [0.1, 0.15) is 11.4 Å². The van der Waals surface area contributed by atoms with Crippen LogP contribution in [0.1, 0.15) is 26.7 Å². The van der Waals surface area contributed by atoms with Crippen LogP contribution in [0.25, 0.3) is 0 Å². The van der Waals surface area contributed by atoms with Gasteiger partial charge in [0, 0.05) is 13.1 Å². The van der Waals surface area contributed by atoms with E-state index in [1.54, 1.807) is 7.11 Å². The van der Waals surface area contributed by atoms with Gasteiger partial charge < -0.3 is 4.74 Å². The lowest BCUT2D eigenvalue weighted by molar-refractivity contribution is 0.270. The molecule has 4 heteroatoms. The van der Waals surface area contributed by atoms with E-state index in [1.165, 1.54) is 0 Å². The van der Waals surface area contributed by atoms with Gasteiger partial charge >= 0.3 is 0 Å². The minimum absolute atomic E-state index is 0.754. The van der Waals surface area contributed by atoms with Gasteiger partial charge in [-0.1, -0.05) is 31.2 Å². The van der Waals surface area contributed by atoms with E-state index < -0.39 is 0 Å². The third-order valence-corrected chi connectivity index (χ3v) is 2.33. The van der Waals surface area contributed by atoms with E-state index in [9.17, 15) is 0 Å². The number of ether oxygens (including phenoxy) is 1. The van der Waals surface area contributed by atoms with Gasteiger partial charge in [0.05, 0.1) is 7.11 Å². The zero-order valence-electron chi connectivity index (χ0n) is 10.9. The maximum Gasteiger partial charge on any atom is 0.146 e. The van der Waals surface area contributed by atoms with Crippen LogP contribution in [0.15, 0.2) is 34.6 Å². The van der Waals surface area contributed by atoms with Crippen molar-refractivity contribution in [1.29, 1.82) is 0 Å². The van der Waals surface area contributed by atoms with Crippen LogP contribution in [0.3, 0.4) is 0 Å². The predicted octanol–water partition coefficient (Wildman–Crippen LogP) is 3.82. The molecule has 0 fully saturated rings. The fraction of sp³-hybridized carbons (Fsp3) is 0.538. The summed E-state index contributed by atoms with van der Waals surface area (Å²) in [4.78, 5) is 0. The highest BCUT2D eigenvalue weighted by molar-refractivity contribution is 5.50. The molecule has 0 saturated heterocycles. The summed E-state index contributed by atoms with van der Waals surface area (Å²) in [6.07, 6.45) is 2.15. The molecule has 0 bridgehead atoms. The van der Waals surface area contributed by atoms with Crippen molar-refractivity contribution in [2.24, 2.45) is 10.3 Å². The topological polar surface area (TPSA) is 37.2 Å². The third-order valence-electron chi connectivity index (χ3n) is 2.33. The quantitative estimate of drug-likeness (QED) is 0.532. The van der Waals surface area contributed by atoms with Gasteiger partial charge in [-0.2, -0.15) is 0 Å². The van der Waals surface area contributed by atoms with Crippen LogP contribution in [-0.4, -0.2) is 25.2 Å². The molecule has 0 N–H and O–H groups in total. The Kier molecular flexibility index (Phi) is 6.07. The summed E-state index contributed by atoms with van der Waals surface area (Å²) in [5, 5.41) is 10.5. The number of hydrogen-bond donors (Lipinski definition) is 0. The second kappa shape index (κ2) is 7.65. The van der Waals surface area contributed by atoms with Gasteiger partial charge in [-0.25, -0.2) is 0 Å². The molecule has 0 aliphatic heterocycles. The van der Waals surface area contributed by atoms with Gasteiger partial charge in [-0.05, 0) is 25.0 Å². The van der Waals surface area contributed by atoms with Gasteiger partial charge in [-0.3, -0.25) is 5.01 Å². The number of para-hydroxylation sites is 1. The van der Waals surface area contributed by atoms with Crippen molar-refractivity contribution in [1.82, 2.24) is 5.01 Å². The third kappa shape index (κ3) is 4.43. The fourth-order valence-electron chi connectivity index (χ4n) is 1.54. The van der Waals surface area contributed by atoms with Crippen molar-refractivity contribution in [3.05, 3.63) is 24.3 Å². The molecule has 0 unspecified atom stereocenters. The molecule has 0 heterocycles. The Hall–Kier alpha value is -1.58. The Bertz CT molecular complexity index is 346. The highest BCUT2D eigenvalue weighted by Crippen LogP contribution is 2.26. The van der Waals surface area contributed by atoms with Gasteiger partial charge in [0.15, 0.2) is 0 Å². The van der Waals surface area contributed by atoms with Gasteiger partial charge in [0.2, 0.25) is 0 Å². The van der Waals surface area contributed by atoms with Crippen LogP contribution in [0.5, 0.6) is 5.75 Å². The number of nitrogens with zero attached hydrogens (tertiary/aromatic N) is 3. The first-order valence-corrected chi connectivity index (χ1v) is 6.11. The van der Waals surface area contributed by atoms with Crippen molar-refractivity contribution in [2.75, 3.05) is 20.2 Å². The summed E-state index contributed by atoms with van der Waals surface area (Å²) in [5.41, 5.74) is 0.771. The van der Waals surface area contributed by atoms with E-state index in [0.29, 0.717) is 0 Å². The number of methoxy groups -OCH3 is 1. The lowest BCUT2D eigenvalue weighted by Gasteiger charge is -2.15. The van der Waals surface area contributed by atoms with Crippen LogP contribution in [0.2, 0.25) is 0 Å². The number of rotatable bonds is 7. The molecule has 0 atom stereocenters. The summed E-state index contributed by atoms with van der Waals surface area (Å²) < 4.78 is 5.23. The van der Waals surface area contributed by atoms with Crippen molar-refractivity contribution < 1.29 is 4.74 Å². The highest BCUT2D eigenvalue weighted by atomic mass is 16.5. The molecule has 1 aromatic rings. The standard InChI is InChI=1S/C13H21N3O/c1-4-10-16(11-5-2)15-14-12-8-6-7-9-13(12)17-3/h6-9H,4-5,10-11H2,1-3H3. The van der Waals surface area contributed by atoms with E-state index in [2.05, 4.69) is 24.2 Å². The van der Waals surface area contributed by atoms with Crippen molar-refractivity contribution in [3.63, 3.8) is 0 Å². The SMILES string of the molecule is CCCN(CCC)N=Nc1ccccc1OC. The van der Waals surface area contributed by atoms with Crippen LogP contribution in [-0.2, 0) is 0 Å². The zero-order valence-corrected chi connectivity index (χ0v) is 10.9. The lowest BCUT2D eigenvalue weighted by atomic mass is 10.3. The number of hydrogen-bond acceptors (Lipinski definition) is 3. The fourth-order valence-corrected chi connectivity index (χ4v) is 1.54. The first-order valence-electron chi connectivity index (χ1n) is 6.11. The second-order valence-corrected chi connectivity index (χ2v) is 3.81. The van der Waals surface area contributed by atoms with E-state index in [1.807, 2.05) is 29.3 Å². The summed E-state index contributed by atoms with van der Waals surface area (Å²) in [7, 11) is 1.64. The molecular formula is C13H21N3O. The molecule has 94 valence electrons. The molecule has 0 aromatic heterocycles. The minimum Gasteiger partial charge on any atom is -0.494 e. The van der Waals surface area contributed by atoms with E-state index >= 15 is 0 Å². The normalized spacial score (nSPS) is 10.8. The van der Waals surface area contributed by atoms with Crippen LogP contribution >= 0.6 is 0 Å². The largest absolute Gasteiger partial charge is 0.494 e. The summed E-state index contributed by atoms with van der Waals surface area (Å²) in [6.45, 7) is 6.15. The summed E-state index contributed by atoms with van der Waals surface area (Å²) in [6, 6.07) is 7.64. The maximum absolute atomic E-state index is 5.23. The van der Waals surface area contributed by atoms with Gasteiger partial charge in [-0.15, -0.1) is 5.11 Å². The first kappa shape index (κ1) is 13.5. The van der Waals surface area contributed by atoms with Crippen LogP contribution in [0.4, 0.5) is 5.69 Å². The van der Waals surface area contributed by atoms with Crippen molar-refractivity contribution in [2.45, 2.75) is 26.7 Å². The first-order chi connectivity index (χ1) is 8.31. The molecule has 0 amide bonds. The molecule has 17 heavy (non-hydrogen) atoms. The average molecular weight is 235 g/mol.